The number of esters is 3. The molecular formula is C66H96N6O16. The minimum absolute atomic E-state index is 0.00113. The number of cyclic esters (lactones) is 1. The molecule has 2 aromatic carbocycles. The van der Waals surface area contributed by atoms with E-state index >= 15 is 0 Å². The van der Waals surface area contributed by atoms with Crippen molar-refractivity contribution in [1.29, 1.82) is 0 Å². The van der Waals surface area contributed by atoms with Crippen LogP contribution in [0.4, 0.5) is 0 Å². The molecule has 3 atom stereocenters. The molecule has 2 aliphatic heterocycles. The Labute approximate surface area is 518 Å². The smallest absolute Gasteiger partial charge is 0.330 e. The monoisotopic (exact) mass is 1230 g/mol. The van der Waals surface area contributed by atoms with Gasteiger partial charge in [-0.05, 0) is 88.2 Å². The molecule has 5 N–H and O–H groups in total. The Balaban J connectivity index is 1.11. The number of nitrogens with one attached hydrogen (secondary N) is 5. The number of hydrogen-bond donors (Lipinski definition) is 5. The summed E-state index contributed by atoms with van der Waals surface area (Å²) in [7, 11) is 0. The maximum Gasteiger partial charge on any atom is 0.330 e. The second kappa shape index (κ2) is 33.3. The molecule has 0 bridgehead atoms. The lowest BCUT2D eigenvalue weighted by Crippen LogP contribution is -2.59. The Kier molecular flexibility index (Phi) is 27.7. The van der Waals surface area contributed by atoms with Gasteiger partial charge in [0.25, 0.3) is 23.9 Å². The molecule has 2 aliphatic rings. The summed E-state index contributed by atoms with van der Waals surface area (Å²) in [5.74, 6) is -5.82. The van der Waals surface area contributed by atoms with Crippen LogP contribution < -0.4 is 26.6 Å². The summed E-state index contributed by atoms with van der Waals surface area (Å²) in [6, 6.07) is 17.6. The van der Waals surface area contributed by atoms with Crippen LogP contribution in [0.5, 0.6) is 0 Å². The van der Waals surface area contributed by atoms with Crippen molar-refractivity contribution in [3.8, 4) is 0 Å². The summed E-state index contributed by atoms with van der Waals surface area (Å²) in [6.45, 7) is 23.9. The van der Waals surface area contributed by atoms with E-state index in [2.05, 4.69) is 26.6 Å². The van der Waals surface area contributed by atoms with Gasteiger partial charge in [-0.2, -0.15) is 0 Å². The predicted molar refractivity (Wildman–Crippen MR) is 326 cm³/mol. The minimum atomic E-state index is -1.50. The van der Waals surface area contributed by atoms with Crippen molar-refractivity contribution in [1.82, 2.24) is 31.5 Å². The van der Waals surface area contributed by atoms with E-state index in [0.29, 0.717) is 32.5 Å². The summed E-state index contributed by atoms with van der Waals surface area (Å²) in [4.78, 5) is 142. The van der Waals surface area contributed by atoms with Gasteiger partial charge in [-0.1, -0.05) is 116 Å². The van der Waals surface area contributed by atoms with Crippen molar-refractivity contribution in [2.45, 2.75) is 185 Å². The first-order chi connectivity index (χ1) is 41.1. The molecule has 0 unspecified atom stereocenters. The van der Waals surface area contributed by atoms with Crippen molar-refractivity contribution in [3.05, 3.63) is 83.9 Å². The second-order valence-electron chi connectivity index (χ2n) is 27.6. The molecule has 0 aromatic heterocycles. The van der Waals surface area contributed by atoms with Gasteiger partial charge in [0.2, 0.25) is 23.6 Å². The van der Waals surface area contributed by atoms with Gasteiger partial charge in [-0.15, -0.1) is 0 Å². The number of imide groups is 1. The van der Waals surface area contributed by atoms with E-state index in [1.165, 1.54) is 0 Å². The third kappa shape index (κ3) is 26.6. The fraction of sp³-hybridized carbons (Fsp3) is 0.621. The van der Waals surface area contributed by atoms with Crippen molar-refractivity contribution < 1.29 is 76.4 Å². The van der Waals surface area contributed by atoms with E-state index < -0.39 is 92.3 Å². The van der Waals surface area contributed by atoms with Gasteiger partial charge >= 0.3 is 17.9 Å². The predicted octanol–water partition coefficient (Wildman–Crippen LogP) is 6.65. The fourth-order valence-electron chi connectivity index (χ4n) is 10.1. The first-order valence-corrected chi connectivity index (χ1v) is 30.4. The van der Waals surface area contributed by atoms with Crippen molar-refractivity contribution in [2.75, 3.05) is 46.1 Å². The summed E-state index contributed by atoms with van der Waals surface area (Å²) in [5.41, 5.74) is -2.80. The zero-order chi connectivity index (χ0) is 65.5. The number of rotatable bonds is 39. The van der Waals surface area contributed by atoms with Gasteiger partial charge < -0.3 is 50.3 Å². The number of Topliss-reactive ketones (excluding diaryl/α,β-unsaturated/α-hetero) is 1. The zero-order valence-electron chi connectivity index (χ0n) is 53.8. The summed E-state index contributed by atoms with van der Waals surface area (Å²) >= 11 is 0. The Bertz CT molecular complexity index is 2760. The molecule has 22 nitrogen and oxygen atoms in total. The first kappa shape index (κ1) is 73.1. The van der Waals surface area contributed by atoms with Crippen LogP contribution in [0.1, 0.15) is 165 Å². The van der Waals surface area contributed by atoms with E-state index in [1.54, 1.807) is 27.7 Å². The molecule has 486 valence electrons. The third-order valence-electron chi connectivity index (χ3n) is 14.9. The number of unbranched alkanes of at least 4 members (excludes halogenated alkanes) is 1. The largest absolute Gasteiger partial charge is 0.461 e. The number of nitrogens with zero attached hydrogens (tertiary/aromatic N) is 1. The van der Waals surface area contributed by atoms with Gasteiger partial charge in [-0.25, -0.2) is 4.79 Å². The highest BCUT2D eigenvalue weighted by Crippen LogP contribution is 2.38. The zero-order valence-corrected chi connectivity index (χ0v) is 53.8. The number of carbonyl (C=O) groups excluding carboxylic acids is 11. The van der Waals surface area contributed by atoms with Gasteiger partial charge in [0.15, 0.2) is 0 Å². The van der Waals surface area contributed by atoms with Gasteiger partial charge in [0.1, 0.15) is 25.0 Å². The first-order valence-electron chi connectivity index (χ1n) is 30.4. The highest BCUT2D eigenvalue weighted by molar-refractivity contribution is 6.12. The molecule has 4 rings (SSSR count). The quantitative estimate of drug-likeness (QED) is 0.0203. The van der Waals surface area contributed by atoms with Crippen molar-refractivity contribution in [3.63, 3.8) is 0 Å². The van der Waals surface area contributed by atoms with Gasteiger partial charge in [0, 0.05) is 74.7 Å². The molecule has 7 amide bonds. The number of morpholine rings is 1. The van der Waals surface area contributed by atoms with Crippen LogP contribution in [0.15, 0.2) is 72.8 Å². The van der Waals surface area contributed by atoms with Crippen LogP contribution in [-0.4, -0.2) is 134 Å². The molecule has 2 heterocycles. The van der Waals surface area contributed by atoms with Gasteiger partial charge in [0.05, 0.1) is 43.3 Å². The summed E-state index contributed by atoms with van der Waals surface area (Å²) in [5, 5.41) is 13.8. The van der Waals surface area contributed by atoms with E-state index in [9.17, 15) is 52.7 Å². The maximum absolute atomic E-state index is 14.0. The van der Waals surface area contributed by atoms with Crippen LogP contribution in [-0.2, 0) is 89.6 Å². The molecule has 0 spiro atoms. The normalized spacial score (nSPS) is 16.1. The van der Waals surface area contributed by atoms with Crippen LogP contribution in [0.2, 0.25) is 0 Å². The molecule has 1 fully saturated rings. The Morgan fingerprint density at radius 1 is 0.614 bits per heavy atom. The molecule has 2 aromatic rings. The van der Waals surface area contributed by atoms with Crippen molar-refractivity contribution >= 4 is 65.0 Å². The number of hydrogen-bond acceptors (Lipinski definition) is 16. The second-order valence-corrected chi connectivity index (χ2v) is 27.6. The number of carbonyl (C=O) groups is 11. The van der Waals surface area contributed by atoms with E-state index in [4.69, 9.17) is 23.7 Å². The standard InChI is InChI=1S/C66H96N6O16/c1-61(2,35-52(76)67-32-20-19-26-48-59(82)88-57(56(80)69-48)70-50(74)27-21-33-72-54(78)30-31-55(72)79)41-84-43-63(5,6)40-68-53(77)36-62(3,4)42-85-44-66(11,12)71-51(75)29-28-47(58(81)86-37-45-22-15-13-16-23-45)34-49(73)64(7,8)39-65(9,10)60(83)87-38-46-24-17-14-18-25-46/h13-18,22-25,30-31,47-48,57H,19-21,26-29,32-44H2,1-12H3,(H,67,76)(H,68,77)(H,69,80)(H,70,74)(H,71,75)/t47-,48+,57+/m1/s1. The molecule has 1 saturated heterocycles. The molecule has 0 aliphatic carbocycles. The topological polar surface area (TPSA) is 297 Å². The van der Waals surface area contributed by atoms with Gasteiger partial charge in [-0.3, -0.25) is 52.8 Å². The van der Waals surface area contributed by atoms with E-state index in [0.717, 1.165) is 28.2 Å². The Hall–Kier alpha value is -7.33. The van der Waals surface area contributed by atoms with Crippen LogP contribution in [0.3, 0.4) is 0 Å². The third-order valence-corrected chi connectivity index (χ3v) is 14.9. The minimum Gasteiger partial charge on any atom is -0.461 e. The molecule has 88 heavy (non-hydrogen) atoms. The van der Waals surface area contributed by atoms with Crippen molar-refractivity contribution in [2.24, 2.45) is 33.0 Å². The molecular weight excluding hydrogens is 1130 g/mol. The highest BCUT2D eigenvalue weighted by atomic mass is 16.6. The molecule has 0 saturated carbocycles. The van der Waals surface area contributed by atoms with E-state index in [1.807, 2.05) is 116 Å². The lowest BCUT2D eigenvalue weighted by Gasteiger charge is -2.33. The average Bonchev–Trinajstić information content (AvgIpc) is 3.40. The van der Waals surface area contributed by atoms with E-state index in [-0.39, 0.29) is 121 Å². The maximum atomic E-state index is 14.0. The Morgan fingerprint density at radius 3 is 1.75 bits per heavy atom. The summed E-state index contributed by atoms with van der Waals surface area (Å²) in [6.07, 6.45) is 2.39. The number of ketones is 1. The molecule has 0 radical (unpaired) electrons. The highest BCUT2D eigenvalue weighted by Gasteiger charge is 2.42. The van der Waals surface area contributed by atoms with Crippen LogP contribution in [0.25, 0.3) is 0 Å². The Morgan fingerprint density at radius 2 is 1.16 bits per heavy atom. The lowest BCUT2D eigenvalue weighted by molar-refractivity contribution is -0.169. The summed E-state index contributed by atoms with van der Waals surface area (Å²) < 4.78 is 28.7. The average molecular weight is 1230 g/mol. The van der Waals surface area contributed by atoms with Crippen LogP contribution in [0, 0.1) is 33.0 Å². The fourth-order valence-corrected chi connectivity index (χ4v) is 10.1. The SMILES string of the molecule is CC(C)(CNC(=O)CC(C)(C)COCC(C)(C)NC(=O)CC[C@H](CC(=O)C(C)(C)CC(C)(C)C(=O)OCc1ccccc1)C(=O)OCc1ccccc1)COCC(C)(C)CC(=O)NCCCC[C@@H]1NC(=O)[C@@H](NC(=O)CCCN2C(=O)C=CC2=O)OC1=O. The number of benzene rings is 2. The lowest BCUT2D eigenvalue weighted by atomic mass is 9.71. The number of ether oxygens (including phenoxy) is 5. The number of amides is 7. The van der Waals surface area contributed by atoms with Crippen LogP contribution >= 0.6 is 0 Å². The molecule has 22 heteroatoms.